The molecule has 3 aromatic carbocycles. The number of hydrogen-bond donors (Lipinski definition) is 1. The molecule has 178 valence electrons. The molecule has 0 spiro atoms. The van der Waals surface area contributed by atoms with E-state index in [2.05, 4.69) is 18.2 Å². The van der Waals surface area contributed by atoms with Crippen LogP contribution < -0.4 is 19.6 Å². The van der Waals surface area contributed by atoms with Crippen LogP contribution in [0.15, 0.2) is 88.2 Å². The lowest BCUT2D eigenvalue weighted by molar-refractivity contribution is 0.0697. The van der Waals surface area contributed by atoms with Crippen molar-refractivity contribution in [2.24, 2.45) is 4.99 Å². The minimum absolute atomic E-state index is 0.104. The summed E-state index contributed by atoms with van der Waals surface area (Å²) < 4.78 is 7.72. The van der Waals surface area contributed by atoms with E-state index < -0.39 is 5.97 Å². The third kappa shape index (κ3) is 3.69. The number of nitrogens with zero attached hydrogens (tertiary/aromatic N) is 2. The van der Waals surface area contributed by atoms with Gasteiger partial charge in [0.15, 0.2) is 4.80 Å². The Hall–Kier alpha value is -4.23. The first-order valence-corrected chi connectivity index (χ1v) is 12.5. The van der Waals surface area contributed by atoms with Gasteiger partial charge in [0.1, 0.15) is 5.75 Å². The van der Waals surface area contributed by atoms with E-state index in [0.717, 1.165) is 46.6 Å². The fourth-order valence-corrected chi connectivity index (χ4v) is 5.98. The number of fused-ring (bicyclic) bond motifs is 3. The van der Waals surface area contributed by atoms with Gasteiger partial charge in [-0.3, -0.25) is 9.36 Å². The Labute approximate surface area is 210 Å². The van der Waals surface area contributed by atoms with Gasteiger partial charge in [0, 0.05) is 5.56 Å². The van der Waals surface area contributed by atoms with E-state index in [4.69, 9.17) is 9.73 Å². The van der Waals surface area contributed by atoms with Crippen LogP contribution in [0.25, 0.3) is 11.8 Å². The predicted octanol–water partition coefficient (Wildman–Crippen LogP) is 4.03. The van der Waals surface area contributed by atoms with E-state index >= 15 is 0 Å². The Morgan fingerprint density at radius 3 is 2.53 bits per heavy atom. The van der Waals surface area contributed by atoms with Crippen LogP contribution in [-0.4, -0.2) is 22.8 Å². The van der Waals surface area contributed by atoms with Crippen molar-refractivity contribution in [1.29, 1.82) is 0 Å². The second kappa shape index (κ2) is 8.77. The molecule has 1 N–H and O–H groups in total. The summed E-state index contributed by atoms with van der Waals surface area (Å²) in [6.07, 6.45) is 3.53. The Bertz CT molecular complexity index is 1710. The molecular formula is C29H22N2O4S. The maximum atomic E-state index is 13.8. The zero-order valence-corrected chi connectivity index (χ0v) is 20.3. The van der Waals surface area contributed by atoms with Gasteiger partial charge in [0.2, 0.25) is 0 Å². The van der Waals surface area contributed by atoms with Gasteiger partial charge in [-0.05, 0) is 65.4 Å². The lowest BCUT2D eigenvalue weighted by Crippen LogP contribution is -2.38. The van der Waals surface area contributed by atoms with Crippen molar-refractivity contribution in [2.45, 2.75) is 18.9 Å². The van der Waals surface area contributed by atoms with Crippen molar-refractivity contribution >= 4 is 29.1 Å². The lowest BCUT2D eigenvalue weighted by atomic mass is 9.83. The summed E-state index contributed by atoms with van der Waals surface area (Å²) in [5.74, 6) is -0.217. The minimum atomic E-state index is -0.980. The average molecular weight is 495 g/mol. The van der Waals surface area contributed by atoms with Gasteiger partial charge < -0.3 is 9.84 Å². The number of aromatic carboxylic acids is 1. The Morgan fingerprint density at radius 2 is 1.81 bits per heavy atom. The van der Waals surface area contributed by atoms with Crippen LogP contribution in [0.4, 0.5) is 0 Å². The summed E-state index contributed by atoms with van der Waals surface area (Å²) in [6, 6.07) is 22.5. The molecule has 2 aliphatic rings. The number of benzene rings is 3. The van der Waals surface area contributed by atoms with Gasteiger partial charge in [0.05, 0.1) is 28.9 Å². The summed E-state index contributed by atoms with van der Waals surface area (Å²) in [5.41, 5.74) is 6.37. The molecule has 6 nitrogen and oxygen atoms in total. The third-order valence-corrected chi connectivity index (χ3v) is 7.74. The first-order chi connectivity index (χ1) is 17.5. The number of carboxylic acid groups (broad SMARTS) is 1. The van der Waals surface area contributed by atoms with Crippen LogP contribution in [0.3, 0.4) is 0 Å². The molecule has 0 bridgehead atoms. The standard InChI is InChI=1S/C29H22N2O4S/c1-35-21-13-10-19(11-14-21)26-23-15-12-18-4-2-3-5-22(18)25(23)30-29-31(26)27(32)24(36-29)16-17-6-8-20(9-7-17)28(33)34/h2-11,13-14,16,26H,12,15H2,1H3,(H,33,34)/b24-16+/t26-/m1/s1. The summed E-state index contributed by atoms with van der Waals surface area (Å²) in [7, 11) is 1.64. The fraction of sp³-hybridized carbons (Fsp3) is 0.138. The van der Waals surface area contributed by atoms with E-state index in [9.17, 15) is 14.7 Å². The second-order valence-electron chi connectivity index (χ2n) is 8.81. The van der Waals surface area contributed by atoms with Crippen molar-refractivity contribution in [3.05, 3.63) is 126 Å². The number of thiazole rings is 1. The summed E-state index contributed by atoms with van der Waals surface area (Å²) in [6.45, 7) is 0. The molecule has 36 heavy (non-hydrogen) atoms. The lowest BCUT2D eigenvalue weighted by Gasteiger charge is -2.30. The van der Waals surface area contributed by atoms with E-state index in [1.165, 1.54) is 16.9 Å². The number of hydrogen-bond acceptors (Lipinski definition) is 5. The SMILES string of the molecule is COc1ccc([C@@H]2C3=C(N=c4s/c(=C/c5ccc(C(=O)O)cc5)c(=O)n42)c2ccccc2CC3)cc1. The number of methoxy groups -OCH3 is 1. The highest BCUT2D eigenvalue weighted by Gasteiger charge is 2.32. The molecule has 2 heterocycles. The van der Waals surface area contributed by atoms with Gasteiger partial charge >= 0.3 is 5.97 Å². The molecule has 0 saturated carbocycles. The first-order valence-electron chi connectivity index (χ1n) is 11.6. The minimum Gasteiger partial charge on any atom is -0.497 e. The maximum Gasteiger partial charge on any atom is 0.335 e. The highest BCUT2D eigenvalue weighted by Crippen LogP contribution is 2.41. The fourth-order valence-electron chi connectivity index (χ4n) is 4.98. The number of aromatic nitrogens is 1. The highest BCUT2D eigenvalue weighted by molar-refractivity contribution is 7.07. The average Bonchev–Trinajstić information content (AvgIpc) is 3.22. The Morgan fingerprint density at radius 1 is 1.06 bits per heavy atom. The summed E-state index contributed by atoms with van der Waals surface area (Å²) in [4.78, 5) is 30.6. The predicted molar refractivity (Wildman–Crippen MR) is 139 cm³/mol. The molecule has 1 aromatic heterocycles. The monoisotopic (exact) mass is 494 g/mol. The number of ether oxygens (including phenoxy) is 1. The van der Waals surface area contributed by atoms with Crippen LogP contribution in [0, 0.1) is 0 Å². The van der Waals surface area contributed by atoms with Crippen molar-refractivity contribution in [2.75, 3.05) is 7.11 Å². The number of carbonyl (C=O) groups is 1. The molecule has 6 rings (SSSR count). The van der Waals surface area contributed by atoms with E-state index in [-0.39, 0.29) is 17.2 Å². The molecular weight excluding hydrogens is 472 g/mol. The molecule has 1 aliphatic carbocycles. The summed E-state index contributed by atoms with van der Waals surface area (Å²) >= 11 is 1.36. The Balaban J connectivity index is 1.56. The van der Waals surface area contributed by atoms with Crippen molar-refractivity contribution < 1.29 is 14.6 Å². The number of allylic oxidation sites excluding steroid dienone is 1. The molecule has 7 heteroatoms. The van der Waals surface area contributed by atoms with E-state index in [0.29, 0.717) is 9.33 Å². The Kier molecular flexibility index (Phi) is 5.42. The molecule has 0 fully saturated rings. The van der Waals surface area contributed by atoms with Crippen molar-refractivity contribution in [3.8, 4) is 5.75 Å². The number of aryl methyl sites for hydroxylation is 1. The molecule has 0 radical (unpaired) electrons. The van der Waals surface area contributed by atoms with Crippen LogP contribution in [-0.2, 0) is 6.42 Å². The normalized spacial score (nSPS) is 16.6. The molecule has 0 amide bonds. The molecule has 1 aliphatic heterocycles. The van der Waals surface area contributed by atoms with Gasteiger partial charge in [0.25, 0.3) is 5.56 Å². The van der Waals surface area contributed by atoms with Gasteiger partial charge in [-0.25, -0.2) is 9.79 Å². The zero-order chi connectivity index (χ0) is 24.8. The molecule has 4 aromatic rings. The number of carboxylic acids is 1. The molecule has 0 unspecified atom stereocenters. The largest absolute Gasteiger partial charge is 0.497 e. The van der Waals surface area contributed by atoms with Crippen LogP contribution in [0.5, 0.6) is 5.75 Å². The van der Waals surface area contributed by atoms with Gasteiger partial charge in [-0.2, -0.15) is 0 Å². The first kappa shape index (κ1) is 22.2. The van der Waals surface area contributed by atoms with Gasteiger partial charge in [-0.1, -0.05) is 59.9 Å². The maximum absolute atomic E-state index is 13.8. The van der Waals surface area contributed by atoms with Crippen LogP contribution in [0.2, 0.25) is 0 Å². The number of rotatable bonds is 4. The zero-order valence-electron chi connectivity index (χ0n) is 19.5. The van der Waals surface area contributed by atoms with Gasteiger partial charge in [-0.15, -0.1) is 0 Å². The van der Waals surface area contributed by atoms with Crippen molar-refractivity contribution in [3.63, 3.8) is 0 Å². The molecule has 0 saturated heterocycles. The quantitative estimate of drug-likeness (QED) is 0.465. The third-order valence-electron chi connectivity index (χ3n) is 6.76. The van der Waals surface area contributed by atoms with Crippen LogP contribution >= 0.6 is 11.3 Å². The molecule has 1 atom stereocenters. The highest BCUT2D eigenvalue weighted by atomic mass is 32.1. The van der Waals surface area contributed by atoms with Crippen molar-refractivity contribution in [1.82, 2.24) is 4.57 Å². The van der Waals surface area contributed by atoms with E-state index in [1.807, 2.05) is 30.3 Å². The van der Waals surface area contributed by atoms with E-state index in [1.54, 1.807) is 42.0 Å². The topological polar surface area (TPSA) is 80.9 Å². The van der Waals surface area contributed by atoms with Crippen LogP contribution in [0.1, 0.15) is 45.1 Å². The second-order valence-corrected chi connectivity index (χ2v) is 9.82. The summed E-state index contributed by atoms with van der Waals surface area (Å²) in [5, 5.41) is 9.18. The smallest absolute Gasteiger partial charge is 0.335 e.